The summed E-state index contributed by atoms with van der Waals surface area (Å²) in [5.74, 6) is 0.600. The third kappa shape index (κ3) is 4.72. The van der Waals surface area contributed by atoms with Gasteiger partial charge in [0.05, 0.1) is 5.69 Å². The second-order valence-corrected chi connectivity index (χ2v) is 9.12. The molecular weight excluding hydrogens is 431 g/mol. The van der Waals surface area contributed by atoms with Crippen molar-refractivity contribution in [3.8, 4) is 21.8 Å². The maximum absolute atomic E-state index is 13.0. The normalized spacial score (nSPS) is 13.0. The minimum absolute atomic E-state index is 0.135. The number of fused-ring (bicyclic) bond motifs is 1. The van der Waals surface area contributed by atoms with Crippen LogP contribution in [0.3, 0.4) is 0 Å². The zero-order chi connectivity index (χ0) is 22.7. The lowest BCUT2D eigenvalue weighted by Crippen LogP contribution is -2.04. The van der Waals surface area contributed by atoms with Crippen molar-refractivity contribution in [2.45, 2.75) is 52.1 Å². The largest absolute Gasteiger partial charge is 0.573 e. The van der Waals surface area contributed by atoms with Crippen LogP contribution in [-0.4, -0.2) is 10.1 Å². The second-order valence-electron chi connectivity index (χ2n) is 8.07. The van der Waals surface area contributed by atoms with Crippen LogP contribution in [0.1, 0.15) is 50.8 Å². The first-order valence-corrected chi connectivity index (χ1v) is 11.8. The second kappa shape index (κ2) is 9.45. The molecule has 0 fully saturated rings. The third-order valence-corrected chi connectivity index (χ3v) is 7.11. The van der Waals surface area contributed by atoms with Gasteiger partial charge in [-0.15, -0.1) is 11.3 Å². The summed E-state index contributed by atoms with van der Waals surface area (Å²) < 4.78 is 40.1. The molecule has 0 saturated heterocycles. The summed E-state index contributed by atoms with van der Waals surface area (Å²) in [6.07, 6.45) is 2.82. The van der Waals surface area contributed by atoms with E-state index in [-0.39, 0.29) is 5.69 Å². The molecule has 0 radical (unpaired) electrons. The standard InChI is InChI=1S/C25H25F3N3S/c1-3-5-8-16(4-2)13-19-18-9-6-7-10-22(18)32-24(19)17-11-12-29-20(14-17)21-15-23(31-30-21)25(26,27)28/h6-7,9-12,14-16H,3-5,8,13H2,1-2H3/q-1. The molecule has 7 heteroatoms. The highest BCUT2D eigenvalue weighted by molar-refractivity contribution is 7.22. The van der Waals surface area contributed by atoms with Crippen LogP contribution >= 0.6 is 11.3 Å². The van der Waals surface area contributed by atoms with E-state index in [4.69, 9.17) is 0 Å². The summed E-state index contributed by atoms with van der Waals surface area (Å²) in [6.45, 7) is 4.46. The van der Waals surface area contributed by atoms with Crippen LogP contribution in [-0.2, 0) is 12.6 Å². The van der Waals surface area contributed by atoms with Crippen LogP contribution < -0.4 is 5.10 Å². The molecule has 4 aromatic rings. The number of rotatable bonds is 8. The van der Waals surface area contributed by atoms with Gasteiger partial charge in [0.1, 0.15) is 5.69 Å². The Morgan fingerprint density at radius 2 is 1.91 bits per heavy atom. The molecule has 4 rings (SSSR count). The van der Waals surface area contributed by atoms with Gasteiger partial charge in [-0.05, 0) is 53.1 Å². The number of nitrogens with zero attached hydrogens (tertiary/aromatic N) is 3. The Labute approximate surface area is 189 Å². The number of unbranched alkanes of at least 4 members (excludes halogenated alkanes) is 1. The molecule has 3 aromatic heterocycles. The highest BCUT2D eigenvalue weighted by atomic mass is 32.1. The predicted molar refractivity (Wildman–Crippen MR) is 124 cm³/mol. The van der Waals surface area contributed by atoms with E-state index in [1.54, 1.807) is 17.5 Å². The first-order chi connectivity index (χ1) is 15.4. The van der Waals surface area contributed by atoms with Crippen molar-refractivity contribution in [1.29, 1.82) is 0 Å². The Kier molecular flexibility index (Phi) is 6.65. The minimum Gasteiger partial charge on any atom is -0.573 e. The molecule has 0 N–H and O–H groups in total. The van der Waals surface area contributed by atoms with Crippen molar-refractivity contribution in [2.24, 2.45) is 5.92 Å². The van der Waals surface area contributed by atoms with E-state index >= 15 is 0 Å². The van der Waals surface area contributed by atoms with Gasteiger partial charge < -0.3 is 10.2 Å². The summed E-state index contributed by atoms with van der Waals surface area (Å²) in [6, 6.07) is 13.1. The summed E-state index contributed by atoms with van der Waals surface area (Å²) in [7, 11) is 0. The number of pyridine rings is 1. The van der Waals surface area contributed by atoms with Crippen molar-refractivity contribution < 1.29 is 13.2 Å². The van der Waals surface area contributed by atoms with E-state index in [2.05, 4.69) is 47.2 Å². The highest BCUT2D eigenvalue weighted by Crippen LogP contribution is 2.41. The molecule has 0 aliphatic heterocycles. The molecule has 0 saturated carbocycles. The number of hydrogen-bond acceptors (Lipinski definition) is 3. The lowest BCUT2D eigenvalue weighted by Gasteiger charge is -2.16. The number of hydrogen-bond donors (Lipinski definition) is 0. The molecule has 0 aliphatic carbocycles. The molecule has 168 valence electrons. The molecule has 1 unspecified atom stereocenters. The summed E-state index contributed by atoms with van der Waals surface area (Å²) >= 11 is 1.72. The highest BCUT2D eigenvalue weighted by Gasteiger charge is 2.31. The van der Waals surface area contributed by atoms with Gasteiger partial charge in [-0.2, -0.15) is 13.2 Å². The van der Waals surface area contributed by atoms with Gasteiger partial charge in [-0.25, -0.2) is 0 Å². The van der Waals surface area contributed by atoms with Crippen molar-refractivity contribution in [3.05, 3.63) is 59.9 Å². The van der Waals surface area contributed by atoms with Gasteiger partial charge in [0, 0.05) is 15.8 Å². The van der Waals surface area contributed by atoms with Crippen molar-refractivity contribution >= 4 is 21.4 Å². The van der Waals surface area contributed by atoms with Gasteiger partial charge in [-0.1, -0.05) is 63.4 Å². The number of benzene rings is 1. The predicted octanol–water partition coefficient (Wildman–Crippen LogP) is 7.76. The van der Waals surface area contributed by atoms with Crippen LogP contribution in [0.4, 0.5) is 13.2 Å². The summed E-state index contributed by atoms with van der Waals surface area (Å²) in [5, 5.41) is 8.26. The van der Waals surface area contributed by atoms with Crippen molar-refractivity contribution in [2.75, 3.05) is 0 Å². The molecule has 0 amide bonds. The number of alkyl halides is 3. The van der Waals surface area contributed by atoms with Crippen LogP contribution in [0.2, 0.25) is 0 Å². The van der Waals surface area contributed by atoms with E-state index in [0.29, 0.717) is 11.6 Å². The Bertz CT molecular complexity index is 1190. The van der Waals surface area contributed by atoms with Gasteiger partial charge in [0.25, 0.3) is 0 Å². The molecular formula is C25H25F3N3S-. The topological polar surface area (TPSA) is 39.9 Å². The van der Waals surface area contributed by atoms with Crippen LogP contribution in [0.25, 0.3) is 31.9 Å². The molecule has 3 nitrogen and oxygen atoms in total. The molecule has 0 aliphatic rings. The monoisotopic (exact) mass is 456 g/mol. The lowest BCUT2D eigenvalue weighted by atomic mass is 9.90. The van der Waals surface area contributed by atoms with E-state index in [0.717, 1.165) is 29.3 Å². The smallest absolute Gasteiger partial charge is 0.431 e. The van der Waals surface area contributed by atoms with Crippen LogP contribution in [0.5, 0.6) is 0 Å². The maximum Gasteiger partial charge on any atom is 0.431 e. The minimum atomic E-state index is -4.52. The first kappa shape index (κ1) is 22.5. The first-order valence-electron chi connectivity index (χ1n) is 11.0. The summed E-state index contributed by atoms with van der Waals surface area (Å²) in [5.41, 5.74) is 1.80. The van der Waals surface area contributed by atoms with Crippen LogP contribution in [0.15, 0.2) is 48.7 Å². The number of thiophene rings is 1. The van der Waals surface area contributed by atoms with Gasteiger partial charge in [0.15, 0.2) is 0 Å². The average molecular weight is 457 g/mol. The molecule has 32 heavy (non-hydrogen) atoms. The summed E-state index contributed by atoms with van der Waals surface area (Å²) in [4.78, 5) is 5.42. The van der Waals surface area contributed by atoms with Gasteiger partial charge >= 0.3 is 6.18 Å². The van der Waals surface area contributed by atoms with Crippen molar-refractivity contribution in [1.82, 2.24) is 15.2 Å². The van der Waals surface area contributed by atoms with Crippen LogP contribution in [0, 0.1) is 5.92 Å². The van der Waals surface area contributed by atoms with Gasteiger partial charge in [0.2, 0.25) is 0 Å². The fraction of sp³-hybridized carbons (Fsp3) is 0.360. The zero-order valence-corrected chi connectivity index (χ0v) is 18.9. The van der Waals surface area contributed by atoms with E-state index in [9.17, 15) is 13.2 Å². The molecule has 3 heterocycles. The SMILES string of the molecule is CCCCC(CC)Cc1c(-c2ccnc(-c3cc(C(F)(F)F)n[n-]3)c2)sc2ccccc12. The van der Waals surface area contributed by atoms with Gasteiger partial charge in [-0.3, -0.25) is 4.98 Å². The Balaban J connectivity index is 1.75. The average Bonchev–Trinajstić information content (AvgIpc) is 3.42. The quantitative estimate of drug-likeness (QED) is 0.272. The zero-order valence-electron chi connectivity index (χ0n) is 18.1. The maximum atomic E-state index is 13.0. The fourth-order valence-electron chi connectivity index (χ4n) is 4.04. The fourth-order valence-corrected chi connectivity index (χ4v) is 5.27. The Morgan fingerprint density at radius 3 is 2.62 bits per heavy atom. The van der Waals surface area contributed by atoms with E-state index < -0.39 is 11.9 Å². The molecule has 1 atom stereocenters. The molecule has 0 bridgehead atoms. The van der Waals surface area contributed by atoms with E-state index in [1.807, 2.05) is 18.2 Å². The number of halogens is 3. The molecule has 1 aromatic carbocycles. The Morgan fingerprint density at radius 1 is 1.09 bits per heavy atom. The van der Waals surface area contributed by atoms with Crippen molar-refractivity contribution in [3.63, 3.8) is 0 Å². The lowest BCUT2D eigenvalue weighted by molar-refractivity contribution is -0.141. The third-order valence-electron chi connectivity index (χ3n) is 5.85. The Hall–Kier alpha value is -2.67. The molecule has 0 spiro atoms. The number of aromatic nitrogens is 3. The van der Waals surface area contributed by atoms with E-state index in [1.165, 1.54) is 34.9 Å².